The van der Waals surface area contributed by atoms with E-state index in [1.807, 2.05) is 0 Å². The van der Waals surface area contributed by atoms with Crippen LogP contribution < -0.4 is 5.32 Å². The number of rotatable bonds is 8. The molecule has 108 valence electrons. The molecule has 0 spiro atoms. The Bertz CT molecular complexity index is 233. The number of ether oxygens (including phenoxy) is 1. The minimum atomic E-state index is -0.0625. The van der Waals surface area contributed by atoms with E-state index in [2.05, 4.69) is 33.0 Å². The van der Waals surface area contributed by atoms with E-state index in [0.29, 0.717) is 18.1 Å². The Labute approximate surface area is 112 Å². The van der Waals surface area contributed by atoms with Gasteiger partial charge in [-0.05, 0) is 38.5 Å². The van der Waals surface area contributed by atoms with E-state index in [4.69, 9.17) is 4.74 Å². The molecule has 3 nitrogen and oxygen atoms in total. The zero-order valence-electron chi connectivity index (χ0n) is 12.5. The van der Waals surface area contributed by atoms with Crippen molar-refractivity contribution in [2.45, 2.75) is 77.5 Å². The summed E-state index contributed by atoms with van der Waals surface area (Å²) in [5, 5.41) is 13.4. The van der Waals surface area contributed by atoms with Gasteiger partial charge in [0.1, 0.15) is 0 Å². The molecule has 1 rings (SSSR count). The number of nitrogens with one attached hydrogen (secondary N) is 1. The van der Waals surface area contributed by atoms with Crippen molar-refractivity contribution in [1.82, 2.24) is 5.32 Å². The molecule has 1 fully saturated rings. The van der Waals surface area contributed by atoms with Crippen LogP contribution in [0.3, 0.4) is 0 Å². The molecule has 3 heteroatoms. The second kappa shape index (κ2) is 7.46. The Morgan fingerprint density at radius 3 is 2.67 bits per heavy atom. The fourth-order valence-electron chi connectivity index (χ4n) is 3.11. The average Bonchev–Trinajstić information content (AvgIpc) is 2.72. The van der Waals surface area contributed by atoms with E-state index in [1.165, 1.54) is 12.8 Å². The van der Waals surface area contributed by atoms with Gasteiger partial charge in [-0.15, -0.1) is 0 Å². The quantitative estimate of drug-likeness (QED) is 0.702. The van der Waals surface area contributed by atoms with Crippen LogP contribution in [0.4, 0.5) is 0 Å². The van der Waals surface area contributed by atoms with Gasteiger partial charge in [-0.3, -0.25) is 0 Å². The third-order valence-corrected chi connectivity index (χ3v) is 4.26. The van der Waals surface area contributed by atoms with Gasteiger partial charge in [-0.2, -0.15) is 0 Å². The average molecular weight is 257 g/mol. The zero-order chi connectivity index (χ0) is 13.6. The number of aliphatic hydroxyl groups excluding tert-OH is 1. The molecule has 0 bridgehead atoms. The van der Waals surface area contributed by atoms with Gasteiger partial charge >= 0.3 is 0 Å². The van der Waals surface area contributed by atoms with Gasteiger partial charge in [0, 0.05) is 18.2 Å². The van der Waals surface area contributed by atoms with Gasteiger partial charge in [0.05, 0.1) is 12.7 Å². The fourth-order valence-corrected chi connectivity index (χ4v) is 3.11. The lowest BCUT2D eigenvalue weighted by atomic mass is 9.85. The van der Waals surface area contributed by atoms with E-state index >= 15 is 0 Å². The molecule has 1 aliphatic rings. The number of aliphatic hydroxyl groups is 1. The summed E-state index contributed by atoms with van der Waals surface area (Å²) in [7, 11) is 0. The van der Waals surface area contributed by atoms with E-state index in [0.717, 1.165) is 25.9 Å². The van der Waals surface area contributed by atoms with Gasteiger partial charge < -0.3 is 15.2 Å². The van der Waals surface area contributed by atoms with Crippen LogP contribution in [0.1, 0.15) is 59.8 Å². The Hall–Kier alpha value is -0.120. The highest BCUT2D eigenvalue weighted by Crippen LogP contribution is 2.38. The molecule has 0 saturated heterocycles. The van der Waals surface area contributed by atoms with E-state index in [-0.39, 0.29) is 12.1 Å². The standard InChI is InChI=1S/C15H31NO2/c1-5-13(4)18-10-8-14-7-6-9-15(14,11-17)16-12(2)3/h12-14,16-17H,5-11H2,1-4H3. The second-order valence-corrected chi connectivity index (χ2v) is 6.08. The summed E-state index contributed by atoms with van der Waals surface area (Å²) < 4.78 is 5.79. The van der Waals surface area contributed by atoms with Crippen LogP contribution in [0.2, 0.25) is 0 Å². The third kappa shape index (κ3) is 4.22. The monoisotopic (exact) mass is 257 g/mol. The minimum Gasteiger partial charge on any atom is -0.394 e. The zero-order valence-corrected chi connectivity index (χ0v) is 12.5. The first kappa shape index (κ1) is 15.9. The molecule has 3 atom stereocenters. The summed E-state index contributed by atoms with van der Waals surface area (Å²) in [5.41, 5.74) is -0.0625. The van der Waals surface area contributed by atoms with Crippen molar-refractivity contribution in [2.75, 3.05) is 13.2 Å². The largest absolute Gasteiger partial charge is 0.394 e. The van der Waals surface area contributed by atoms with Crippen molar-refractivity contribution in [2.24, 2.45) is 5.92 Å². The SMILES string of the molecule is CCC(C)OCCC1CCCC1(CO)NC(C)C. The maximum absolute atomic E-state index is 9.79. The summed E-state index contributed by atoms with van der Waals surface area (Å²) in [5.74, 6) is 0.550. The van der Waals surface area contributed by atoms with Crippen molar-refractivity contribution in [3.8, 4) is 0 Å². The molecule has 0 aliphatic heterocycles. The van der Waals surface area contributed by atoms with Crippen LogP contribution in [-0.4, -0.2) is 36.0 Å². The molecule has 0 heterocycles. The molecular weight excluding hydrogens is 226 g/mol. The molecule has 0 radical (unpaired) electrons. The predicted octanol–water partition coefficient (Wildman–Crippen LogP) is 2.72. The normalized spacial score (nSPS) is 30.0. The molecular formula is C15H31NO2. The minimum absolute atomic E-state index is 0.0625. The highest BCUT2D eigenvalue weighted by Gasteiger charge is 2.42. The summed E-state index contributed by atoms with van der Waals surface area (Å²) in [6.45, 7) is 9.66. The fraction of sp³-hybridized carbons (Fsp3) is 1.00. The maximum atomic E-state index is 9.79. The molecule has 0 aromatic rings. The Morgan fingerprint density at radius 1 is 1.39 bits per heavy atom. The summed E-state index contributed by atoms with van der Waals surface area (Å²) in [6, 6.07) is 0.424. The summed E-state index contributed by atoms with van der Waals surface area (Å²) in [6.07, 6.45) is 6.01. The molecule has 0 aromatic heterocycles. The smallest absolute Gasteiger partial charge is 0.0616 e. The Kier molecular flexibility index (Phi) is 6.61. The van der Waals surface area contributed by atoms with Gasteiger partial charge in [0.15, 0.2) is 0 Å². The molecule has 18 heavy (non-hydrogen) atoms. The van der Waals surface area contributed by atoms with Crippen LogP contribution in [0.15, 0.2) is 0 Å². The third-order valence-electron chi connectivity index (χ3n) is 4.26. The maximum Gasteiger partial charge on any atom is 0.0616 e. The first-order valence-electron chi connectivity index (χ1n) is 7.54. The second-order valence-electron chi connectivity index (χ2n) is 6.08. The van der Waals surface area contributed by atoms with Gasteiger partial charge in [-0.1, -0.05) is 27.2 Å². The van der Waals surface area contributed by atoms with Crippen molar-refractivity contribution < 1.29 is 9.84 Å². The van der Waals surface area contributed by atoms with Crippen LogP contribution in [-0.2, 0) is 4.74 Å². The molecule has 0 aromatic carbocycles. The van der Waals surface area contributed by atoms with Gasteiger partial charge in [0.25, 0.3) is 0 Å². The number of hydrogen-bond acceptors (Lipinski definition) is 3. The highest BCUT2D eigenvalue weighted by atomic mass is 16.5. The van der Waals surface area contributed by atoms with Crippen LogP contribution in [0.5, 0.6) is 0 Å². The first-order chi connectivity index (χ1) is 8.54. The lowest BCUT2D eigenvalue weighted by Crippen LogP contribution is -2.54. The predicted molar refractivity (Wildman–Crippen MR) is 75.8 cm³/mol. The van der Waals surface area contributed by atoms with E-state index in [1.54, 1.807) is 0 Å². The van der Waals surface area contributed by atoms with E-state index < -0.39 is 0 Å². The first-order valence-corrected chi connectivity index (χ1v) is 7.54. The van der Waals surface area contributed by atoms with Crippen LogP contribution in [0.25, 0.3) is 0 Å². The Morgan fingerprint density at radius 2 is 2.11 bits per heavy atom. The highest BCUT2D eigenvalue weighted by molar-refractivity contribution is 4.99. The lowest BCUT2D eigenvalue weighted by molar-refractivity contribution is 0.0368. The topological polar surface area (TPSA) is 41.5 Å². The van der Waals surface area contributed by atoms with Crippen molar-refractivity contribution in [3.05, 3.63) is 0 Å². The summed E-state index contributed by atoms with van der Waals surface area (Å²) >= 11 is 0. The van der Waals surface area contributed by atoms with Crippen molar-refractivity contribution >= 4 is 0 Å². The van der Waals surface area contributed by atoms with Crippen molar-refractivity contribution in [3.63, 3.8) is 0 Å². The number of hydrogen-bond donors (Lipinski definition) is 2. The molecule has 0 amide bonds. The molecule has 1 saturated carbocycles. The summed E-state index contributed by atoms with van der Waals surface area (Å²) in [4.78, 5) is 0. The van der Waals surface area contributed by atoms with Gasteiger partial charge in [0.2, 0.25) is 0 Å². The Balaban J connectivity index is 2.46. The molecule has 2 N–H and O–H groups in total. The van der Waals surface area contributed by atoms with Crippen molar-refractivity contribution in [1.29, 1.82) is 0 Å². The van der Waals surface area contributed by atoms with Gasteiger partial charge in [-0.25, -0.2) is 0 Å². The van der Waals surface area contributed by atoms with E-state index in [9.17, 15) is 5.11 Å². The molecule has 3 unspecified atom stereocenters. The van der Waals surface area contributed by atoms with Crippen LogP contribution >= 0.6 is 0 Å². The molecule has 1 aliphatic carbocycles. The lowest BCUT2D eigenvalue weighted by Gasteiger charge is -2.37. The van der Waals surface area contributed by atoms with Crippen LogP contribution in [0, 0.1) is 5.92 Å².